The summed E-state index contributed by atoms with van der Waals surface area (Å²) in [4.78, 5) is 25.3. The molecule has 3 heterocycles. The van der Waals surface area contributed by atoms with Crippen LogP contribution in [0.5, 0.6) is 0 Å². The Morgan fingerprint density at radius 3 is 2.55 bits per heavy atom. The van der Waals surface area contributed by atoms with E-state index in [1.807, 2.05) is 48.5 Å². The van der Waals surface area contributed by atoms with Crippen LogP contribution in [0.3, 0.4) is 0 Å². The quantitative estimate of drug-likeness (QED) is 0.291. The summed E-state index contributed by atoms with van der Waals surface area (Å²) in [6, 6.07) is 16.7. The largest absolute Gasteiger partial charge is 0.445 e. The zero-order valence-corrected chi connectivity index (χ0v) is 23.0. The van der Waals surface area contributed by atoms with Crippen LogP contribution >= 0.6 is 11.8 Å². The highest BCUT2D eigenvalue weighted by Gasteiger charge is 2.39. The molecule has 2 aromatic carbocycles. The van der Waals surface area contributed by atoms with Gasteiger partial charge in [0, 0.05) is 37.8 Å². The van der Waals surface area contributed by atoms with Gasteiger partial charge in [-0.3, -0.25) is 0 Å². The number of hydrogen-bond donors (Lipinski definition) is 1. The molecule has 40 heavy (non-hydrogen) atoms. The first-order valence-electron chi connectivity index (χ1n) is 13.0. The number of carbonyl (C=O) groups is 1. The summed E-state index contributed by atoms with van der Waals surface area (Å²) >= 11 is 1.40. The fourth-order valence-electron chi connectivity index (χ4n) is 5.24. The molecule has 11 heteroatoms. The van der Waals surface area contributed by atoms with Gasteiger partial charge < -0.3 is 19.9 Å². The van der Waals surface area contributed by atoms with Crippen LogP contribution in [0.15, 0.2) is 72.0 Å². The van der Waals surface area contributed by atoms with Crippen LogP contribution in [-0.2, 0) is 17.5 Å². The standard InChI is InChI=1S/C29H30F3N5O2S/c1-36-25(21-9-6-10-22(17-21)29(30,31)32)24(23-11-14-33-27(34-23)40-2)35-26(36)20-12-15-37(16-13-20)28(38)39-18-19-7-4-3-5-8-19/h3-11,14,17,20,26,35H,12-13,15-16,18H2,1-2H3. The second-order valence-electron chi connectivity index (χ2n) is 9.80. The van der Waals surface area contributed by atoms with E-state index in [9.17, 15) is 18.0 Å². The van der Waals surface area contributed by atoms with Crippen molar-refractivity contribution in [1.82, 2.24) is 25.1 Å². The number of halogens is 3. The zero-order valence-electron chi connectivity index (χ0n) is 22.2. The number of thioether (sulfide) groups is 1. The number of piperidine rings is 1. The Kier molecular flexibility index (Phi) is 8.20. The zero-order chi connectivity index (χ0) is 28.3. The predicted octanol–water partition coefficient (Wildman–Crippen LogP) is 5.95. The van der Waals surface area contributed by atoms with Crippen LogP contribution in [0.1, 0.15) is 35.2 Å². The van der Waals surface area contributed by atoms with Gasteiger partial charge in [-0.1, -0.05) is 54.2 Å². The highest BCUT2D eigenvalue weighted by atomic mass is 32.2. The maximum atomic E-state index is 13.6. The summed E-state index contributed by atoms with van der Waals surface area (Å²) < 4.78 is 46.2. The van der Waals surface area contributed by atoms with Crippen molar-refractivity contribution >= 4 is 29.2 Å². The molecule has 0 bridgehead atoms. The molecule has 7 nitrogen and oxygen atoms in total. The van der Waals surface area contributed by atoms with Crippen molar-refractivity contribution in [2.24, 2.45) is 5.92 Å². The number of aromatic nitrogens is 2. The number of rotatable bonds is 6. The molecule has 1 unspecified atom stereocenters. The molecule has 3 aromatic rings. The van der Waals surface area contributed by atoms with Crippen molar-refractivity contribution in [2.45, 2.75) is 36.9 Å². The number of ether oxygens (including phenoxy) is 1. The van der Waals surface area contributed by atoms with Gasteiger partial charge in [0.1, 0.15) is 12.8 Å². The lowest BCUT2D eigenvalue weighted by Crippen LogP contribution is -2.48. The smallest absolute Gasteiger partial charge is 0.416 e. The Morgan fingerprint density at radius 1 is 1.10 bits per heavy atom. The number of nitrogens with one attached hydrogen (secondary N) is 1. The van der Waals surface area contributed by atoms with E-state index in [1.165, 1.54) is 23.9 Å². The fourth-order valence-corrected chi connectivity index (χ4v) is 5.59. The third-order valence-corrected chi connectivity index (χ3v) is 7.85. The third kappa shape index (κ3) is 6.04. The van der Waals surface area contributed by atoms with Gasteiger partial charge in [-0.05, 0) is 42.9 Å². The minimum absolute atomic E-state index is 0.142. The number of nitrogens with zero attached hydrogens (tertiary/aromatic N) is 4. The summed E-state index contributed by atoms with van der Waals surface area (Å²) in [6.07, 6.45) is -0.0320. The van der Waals surface area contributed by atoms with Gasteiger partial charge in [0.15, 0.2) is 5.16 Å². The molecule has 0 saturated carbocycles. The van der Waals surface area contributed by atoms with Gasteiger partial charge in [-0.25, -0.2) is 14.8 Å². The van der Waals surface area contributed by atoms with Crippen LogP contribution in [0.2, 0.25) is 0 Å². The molecule has 1 amide bonds. The number of likely N-dealkylation sites (tertiary alicyclic amines) is 1. The van der Waals surface area contributed by atoms with E-state index >= 15 is 0 Å². The average Bonchev–Trinajstić information content (AvgIpc) is 3.33. The van der Waals surface area contributed by atoms with Gasteiger partial charge in [0.25, 0.3) is 0 Å². The lowest BCUT2D eigenvalue weighted by atomic mass is 9.93. The molecule has 0 radical (unpaired) electrons. The topological polar surface area (TPSA) is 70.6 Å². The molecule has 2 aliphatic rings. The van der Waals surface area contributed by atoms with Crippen molar-refractivity contribution in [3.63, 3.8) is 0 Å². The first kappa shape index (κ1) is 27.8. The Labute approximate surface area is 235 Å². The molecular weight excluding hydrogens is 539 g/mol. The monoisotopic (exact) mass is 569 g/mol. The van der Waals surface area contributed by atoms with Crippen molar-refractivity contribution < 1.29 is 22.7 Å². The SMILES string of the molecule is CSc1nccc(C2=C(c3cccc(C(F)(F)F)c3)N(C)C(C3CCN(C(=O)OCc4ccccc4)CC3)N2)n1. The summed E-state index contributed by atoms with van der Waals surface area (Å²) in [5.41, 5.74) is 2.60. The first-order chi connectivity index (χ1) is 19.2. The minimum Gasteiger partial charge on any atom is -0.445 e. The average molecular weight is 570 g/mol. The van der Waals surface area contributed by atoms with E-state index in [4.69, 9.17) is 4.74 Å². The Bertz CT molecular complexity index is 1380. The van der Waals surface area contributed by atoms with Gasteiger partial charge in [-0.15, -0.1) is 0 Å². The minimum atomic E-state index is -4.45. The molecule has 1 fully saturated rings. The van der Waals surface area contributed by atoms with Crippen LogP contribution in [0, 0.1) is 5.92 Å². The van der Waals surface area contributed by atoms with Crippen LogP contribution < -0.4 is 5.32 Å². The van der Waals surface area contributed by atoms with Crippen LogP contribution in [0.4, 0.5) is 18.0 Å². The molecule has 210 valence electrons. The maximum absolute atomic E-state index is 13.6. The Balaban J connectivity index is 1.34. The van der Waals surface area contributed by atoms with Crippen LogP contribution in [-0.4, -0.2) is 58.4 Å². The highest BCUT2D eigenvalue weighted by Crippen LogP contribution is 2.39. The predicted molar refractivity (Wildman–Crippen MR) is 148 cm³/mol. The molecule has 5 rings (SSSR count). The van der Waals surface area contributed by atoms with E-state index in [0.717, 1.165) is 11.6 Å². The summed E-state index contributed by atoms with van der Waals surface area (Å²) in [7, 11) is 1.89. The first-order valence-corrected chi connectivity index (χ1v) is 14.2. The maximum Gasteiger partial charge on any atom is 0.416 e. The number of amides is 1. The molecule has 1 aromatic heterocycles. The van der Waals surface area contributed by atoms with E-state index in [0.29, 0.717) is 53.7 Å². The number of carbonyl (C=O) groups excluding carboxylic acids is 1. The van der Waals surface area contributed by atoms with Gasteiger partial charge >= 0.3 is 12.3 Å². The molecular formula is C29H30F3N5O2S. The second-order valence-corrected chi connectivity index (χ2v) is 10.6. The molecule has 1 saturated heterocycles. The molecule has 0 spiro atoms. The summed E-state index contributed by atoms with van der Waals surface area (Å²) in [6.45, 7) is 1.28. The number of hydrogen-bond acceptors (Lipinski definition) is 7. The Hall–Kier alpha value is -3.73. The van der Waals surface area contributed by atoms with Crippen molar-refractivity contribution in [1.29, 1.82) is 0 Å². The van der Waals surface area contributed by atoms with Crippen molar-refractivity contribution in [3.8, 4) is 0 Å². The lowest BCUT2D eigenvalue weighted by Gasteiger charge is -2.37. The van der Waals surface area contributed by atoms with Gasteiger partial charge in [0.2, 0.25) is 0 Å². The van der Waals surface area contributed by atoms with Gasteiger partial charge in [0.05, 0.1) is 22.7 Å². The molecule has 2 aliphatic heterocycles. The summed E-state index contributed by atoms with van der Waals surface area (Å²) in [5, 5.41) is 4.14. The van der Waals surface area contributed by atoms with E-state index in [1.54, 1.807) is 23.2 Å². The molecule has 1 atom stereocenters. The van der Waals surface area contributed by atoms with Crippen LogP contribution in [0.25, 0.3) is 11.4 Å². The van der Waals surface area contributed by atoms with Crippen molar-refractivity contribution in [3.05, 3.63) is 89.2 Å². The normalized spacial score (nSPS) is 18.2. The fraction of sp³-hybridized carbons (Fsp3) is 0.345. The van der Waals surface area contributed by atoms with Crippen molar-refractivity contribution in [2.75, 3.05) is 26.4 Å². The molecule has 0 aliphatic carbocycles. The summed E-state index contributed by atoms with van der Waals surface area (Å²) in [5.74, 6) is 0.142. The lowest BCUT2D eigenvalue weighted by molar-refractivity contribution is -0.137. The highest BCUT2D eigenvalue weighted by molar-refractivity contribution is 7.98. The van der Waals surface area contributed by atoms with E-state index in [-0.39, 0.29) is 24.8 Å². The Morgan fingerprint density at radius 2 is 1.85 bits per heavy atom. The van der Waals surface area contributed by atoms with Gasteiger partial charge in [-0.2, -0.15) is 13.2 Å². The number of alkyl halides is 3. The van der Waals surface area contributed by atoms with E-state index < -0.39 is 11.7 Å². The molecule has 1 N–H and O–H groups in total. The van der Waals surface area contributed by atoms with E-state index in [2.05, 4.69) is 15.3 Å². The second kappa shape index (κ2) is 11.8. The number of benzene rings is 2. The third-order valence-electron chi connectivity index (χ3n) is 7.28.